The number of nitrogens with zero attached hydrogens (tertiary/aromatic N) is 2. The summed E-state index contributed by atoms with van der Waals surface area (Å²) in [5.41, 5.74) is 0.843. The van der Waals surface area contributed by atoms with Crippen LogP contribution in [0.2, 0.25) is 0 Å². The summed E-state index contributed by atoms with van der Waals surface area (Å²) in [6.45, 7) is 1.41. The highest BCUT2D eigenvalue weighted by Gasteiger charge is 2.38. The molecule has 0 aromatic carbocycles. The van der Waals surface area contributed by atoms with Gasteiger partial charge in [0, 0.05) is 23.3 Å². The topological polar surface area (TPSA) is 34.5 Å². The van der Waals surface area contributed by atoms with Crippen LogP contribution >= 0.6 is 15.9 Å². The third-order valence-corrected chi connectivity index (χ3v) is 5.40. The molecule has 2 saturated carbocycles. The SMILES string of the molecule is O=C(c1cc(Br)cn1C1CC1)N1CCOC2CCCCC21. The van der Waals surface area contributed by atoms with Crippen molar-refractivity contribution in [3.05, 3.63) is 22.4 Å². The summed E-state index contributed by atoms with van der Waals surface area (Å²) in [6, 6.07) is 2.79. The first-order valence-electron chi connectivity index (χ1n) is 8.04. The molecule has 1 aromatic rings. The van der Waals surface area contributed by atoms with Crippen molar-refractivity contribution in [2.75, 3.05) is 13.2 Å². The van der Waals surface area contributed by atoms with Crippen molar-refractivity contribution in [3.8, 4) is 0 Å². The van der Waals surface area contributed by atoms with Crippen LogP contribution < -0.4 is 0 Å². The zero-order valence-corrected chi connectivity index (χ0v) is 13.7. The molecule has 3 fully saturated rings. The fourth-order valence-electron chi connectivity index (χ4n) is 3.77. The molecule has 2 atom stereocenters. The van der Waals surface area contributed by atoms with E-state index in [0.717, 1.165) is 29.6 Å². The van der Waals surface area contributed by atoms with E-state index in [0.29, 0.717) is 12.6 Å². The smallest absolute Gasteiger partial charge is 0.270 e. The van der Waals surface area contributed by atoms with Crippen LogP contribution in [0.5, 0.6) is 0 Å². The molecule has 2 heterocycles. The number of carbonyl (C=O) groups is 1. The Labute approximate surface area is 133 Å². The zero-order valence-electron chi connectivity index (χ0n) is 12.1. The van der Waals surface area contributed by atoms with Gasteiger partial charge in [0.2, 0.25) is 0 Å². The largest absolute Gasteiger partial charge is 0.374 e. The second-order valence-corrected chi connectivity index (χ2v) is 7.36. The summed E-state index contributed by atoms with van der Waals surface area (Å²) < 4.78 is 9.06. The molecule has 1 amide bonds. The van der Waals surface area contributed by atoms with Gasteiger partial charge in [-0.25, -0.2) is 0 Å². The van der Waals surface area contributed by atoms with Crippen molar-refractivity contribution >= 4 is 21.8 Å². The quantitative estimate of drug-likeness (QED) is 0.817. The number of hydrogen-bond acceptors (Lipinski definition) is 2. The minimum atomic E-state index is 0.188. The third-order valence-electron chi connectivity index (χ3n) is 4.97. The van der Waals surface area contributed by atoms with Gasteiger partial charge in [0.25, 0.3) is 5.91 Å². The maximum Gasteiger partial charge on any atom is 0.270 e. The maximum absolute atomic E-state index is 13.0. The number of fused-ring (bicyclic) bond motifs is 1. The standard InChI is InChI=1S/C16H21BrN2O2/c17-11-9-14(19(10-11)12-5-6-12)16(20)18-7-8-21-15-4-2-1-3-13(15)18/h9-10,12-13,15H,1-8H2. The van der Waals surface area contributed by atoms with Crippen molar-refractivity contribution in [3.63, 3.8) is 0 Å². The molecule has 114 valence electrons. The Bertz CT molecular complexity index is 550. The summed E-state index contributed by atoms with van der Waals surface area (Å²) in [5.74, 6) is 0.188. The maximum atomic E-state index is 13.0. The molecule has 3 aliphatic rings. The van der Waals surface area contributed by atoms with Gasteiger partial charge in [0.15, 0.2) is 0 Å². The number of carbonyl (C=O) groups excluding carboxylic acids is 1. The molecular weight excluding hydrogens is 332 g/mol. The van der Waals surface area contributed by atoms with Crippen molar-refractivity contribution in [1.29, 1.82) is 0 Å². The first-order valence-corrected chi connectivity index (χ1v) is 8.83. The Morgan fingerprint density at radius 1 is 1.24 bits per heavy atom. The van der Waals surface area contributed by atoms with Crippen LogP contribution in [-0.4, -0.2) is 40.7 Å². The molecular formula is C16H21BrN2O2. The highest BCUT2D eigenvalue weighted by molar-refractivity contribution is 9.10. The number of amides is 1. The lowest BCUT2D eigenvalue weighted by Gasteiger charge is -2.43. The average Bonchev–Trinajstić information content (AvgIpc) is 3.28. The van der Waals surface area contributed by atoms with Gasteiger partial charge < -0.3 is 14.2 Å². The summed E-state index contributed by atoms with van der Waals surface area (Å²) in [5, 5.41) is 0. The van der Waals surface area contributed by atoms with Crippen molar-refractivity contribution in [2.45, 2.75) is 56.7 Å². The molecule has 2 aliphatic carbocycles. The van der Waals surface area contributed by atoms with Crippen LogP contribution in [0.1, 0.15) is 55.1 Å². The summed E-state index contributed by atoms with van der Waals surface area (Å²) in [4.78, 5) is 15.1. The van der Waals surface area contributed by atoms with E-state index in [1.54, 1.807) is 0 Å². The van der Waals surface area contributed by atoms with E-state index in [9.17, 15) is 4.79 Å². The minimum absolute atomic E-state index is 0.188. The summed E-state index contributed by atoms with van der Waals surface area (Å²) in [6.07, 6.45) is 9.32. The molecule has 0 spiro atoms. The Morgan fingerprint density at radius 3 is 2.86 bits per heavy atom. The second-order valence-electron chi connectivity index (χ2n) is 6.44. The van der Waals surface area contributed by atoms with Crippen LogP contribution in [0.15, 0.2) is 16.7 Å². The first-order chi connectivity index (χ1) is 10.2. The predicted octanol–water partition coefficient (Wildman–Crippen LogP) is 3.37. The number of morpholine rings is 1. The van der Waals surface area contributed by atoms with E-state index < -0.39 is 0 Å². The Kier molecular flexibility index (Phi) is 3.58. The molecule has 0 N–H and O–H groups in total. The lowest BCUT2D eigenvalue weighted by Crippen LogP contribution is -2.55. The fraction of sp³-hybridized carbons (Fsp3) is 0.688. The Morgan fingerprint density at radius 2 is 2.05 bits per heavy atom. The second kappa shape index (κ2) is 5.43. The number of halogens is 1. The normalized spacial score (nSPS) is 29.3. The van der Waals surface area contributed by atoms with Gasteiger partial charge in [-0.3, -0.25) is 4.79 Å². The Balaban J connectivity index is 1.61. The van der Waals surface area contributed by atoms with E-state index in [2.05, 4.69) is 31.6 Å². The fourth-order valence-corrected chi connectivity index (χ4v) is 4.21. The van der Waals surface area contributed by atoms with Crippen LogP contribution in [-0.2, 0) is 4.74 Å². The zero-order chi connectivity index (χ0) is 14.4. The highest BCUT2D eigenvalue weighted by Crippen LogP contribution is 2.38. The summed E-state index contributed by atoms with van der Waals surface area (Å²) in [7, 11) is 0. The molecule has 1 aliphatic heterocycles. The number of ether oxygens (including phenoxy) is 1. The highest BCUT2D eigenvalue weighted by atomic mass is 79.9. The molecule has 21 heavy (non-hydrogen) atoms. The van der Waals surface area contributed by atoms with Crippen LogP contribution in [0, 0.1) is 0 Å². The number of hydrogen-bond donors (Lipinski definition) is 0. The van der Waals surface area contributed by atoms with Gasteiger partial charge in [-0.05, 0) is 47.7 Å². The molecule has 1 saturated heterocycles. The lowest BCUT2D eigenvalue weighted by atomic mass is 9.90. The van der Waals surface area contributed by atoms with Gasteiger partial charge in [-0.1, -0.05) is 12.8 Å². The molecule has 4 rings (SSSR count). The van der Waals surface area contributed by atoms with Crippen LogP contribution in [0.3, 0.4) is 0 Å². The summed E-state index contributed by atoms with van der Waals surface area (Å²) >= 11 is 3.52. The number of rotatable bonds is 2. The third kappa shape index (κ3) is 2.55. The van der Waals surface area contributed by atoms with Gasteiger partial charge >= 0.3 is 0 Å². The molecule has 0 radical (unpaired) electrons. The molecule has 0 bridgehead atoms. The van der Waals surface area contributed by atoms with Gasteiger partial charge in [-0.15, -0.1) is 0 Å². The van der Waals surface area contributed by atoms with Gasteiger partial charge in [0.1, 0.15) is 5.69 Å². The van der Waals surface area contributed by atoms with Crippen molar-refractivity contribution < 1.29 is 9.53 Å². The van der Waals surface area contributed by atoms with E-state index >= 15 is 0 Å². The monoisotopic (exact) mass is 352 g/mol. The first kappa shape index (κ1) is 13.8. The molecule has 5 heteroatoms. The minimum Gasteiger partial charge on any atom is -0.374 e. The number of aromatic nitrogens is 1. The van der Waals surface area contributed by atoms with Crippen LogP contribution in [0.25, 0.3) is 0 Å². The molecule has 4 nitrogen and oxygen atoms in total. The average molecular weight is 353 g/mol. The molecule has 1 aromatic heterocycles. The van der Waals surface area contributed by atoms with E-state index in [1.165, 1.54) is 25.7 Å². The van der Waals surface area contributed by atoms with E-state index in [-0.39, 0.29) is 18.1 Å². The molecule has 2 unspecified atom stereocenters. The van der Waals surface area contributed by atoms with Crippen molar-refractivity contribution in [2.24, 2.45) is 0 Å². The Hall–Kier alpha value is -0.810. The van der Waals surface area contributed by atoms with Gasteiger partial charge in [0.05, 0.1) is 18.8 Å². The predicted molar refractivity (Wildman–Crippen MR) is 83.4 cm³/mol. The van der Waals surface area contributed by atoms with Gasteiger partial charge in [-0.2, -0.15) is 0 Å². The van der Waals surface area contributed by atoms with Crippen molar-refractivity contribution in [1.82, 2.24) is 9.47 Å². The van der Waals surface area contributed by atoms with E-state index in [1.807, 2.05) is 6.07 Å². The lowest BCUT2D eigenvalue weighted by molar-refractivity contribution is -0.0755. The van der Waals surface area contributed by atoms with E-state index in [4.69, 9.17) is 4.74 Å². The van der Waals surface area contributed by atoms with Crippen LogP contribution in [0.4, 0.5) is 0 Å².